The topological polar surface area (TPSA) is 67.6 Å². The lowest BCUT2D eigenvalue weighted by Crippen LogP contribution is -2.05. The smallest absolute Gasteiger partial charge is 0.131 e. The summed E-state index contributed by atoms with van der Waals surface area (Å²) in [6.07, 6.45) is 2.32. The predicted molar refractivity (Wildman–Crippen MR) is 51.7 cm³/mol. The van der Waals surface area contributed by atoms with Crippen LogP contribution in [-0.4, -0.2) is 21.5 Å². The molecular weight excluding hydrogens is 188 g/mol. The molecule has 5 heteroatoms. The Labute approximate surface area is 80.1 Å². The molecule has 0 amide bonds. The van der Waals surface area contributed by atoms with Gasteiger partial charge in [-0.05, 0) is 6.54 Å². The maximum atomic E-state index is 5.82. The van der Waals surface area contributed by atoms with Crippen LogP contribution in [0.4, 0.5) is 0 Å². The van der Waals surface area contributed by atoms with Gasteiger partial charge < -0.3 is 10.7 Å². The first kappa shape index (κ1) is 8.47. The molecule has 2 aromatic heterocycles. The lowest BCUT2D eigenvalue weighted by Gasteiger charge is -1.99. The third-order valence-corrected chi connectivity index (χ3v) is 2.02. The van der Waals surface area contributed by atoms with Crippen LogP contribution in [0.25, 0.3) is 11.0 Å². The van der Waals surface area contributed by atoms with E-state index in [0.29, 0.717) is 18.1 Å². The van der Waals surface area contributed by atoms with Gasteiger partial charge in [-0.2, -0.15) is 0 Å². The van der Waals surface area contributed by atoms with Crippen LogP contribution in [0.15, 0.2) is 12.4 Å². The highest BCUT2D eigenvalue weighted by atomic mass is 35.5. The molecule has 4 nitrogen and oxygen atoms in total. The number of fused-ring (bicyclic) bond motifs is 1. The summed E-state index contributed by atoms with van der Waals surface area (Å²) in [5, 5.41) is 0.472. The van der Waals surface area contributed by atoms with Gasteiger partial charge in [0.2, 0.25) is 0 Å². The van der Waals surface area contributed by atoms with Gasteiger partial charge in [0.1, 0.15) is 10.7 Å². The fourth-order valence-electron chi connectivity index (χ4n) is 1.29. The van der Waals surface area contributed by atoms with Crippen molar-refractivity contribution in [3.8, 4) is 0 Å². The predicted octanol–water partition coefficient (Wildman–Crippen LogP) is 1.11. The van der Waals surface area contributed by atoms with Gasteiger partial charge in [0.05, 0.1) is 17.5 Å². The van der Waals surface area contributed by atoms with Gasteiger partial charge in [-0.1, -0.05) is 11.6 Å². The van der Waals surface area contributed by atoms with Crippen LogP contribution in [0, 0.1) is 0 Å². The summed E-state index contributed by atoms with van der Waals surface area (Å²) in [5.41, 5.74) is 8.06. The number of halogens is 1. The Bertz CT molecular complexity index is 423. The Morgan fingerprint density at radius 1 is 1.54 bits per heavy atom. The second kappa shape index (κ2) is 3.32. The number of hydrogen-bond acceptors (Lipinski definition) is 3. The number of aromatic nitrogens is 3. The van der Waals surface area contributed by atoms with E-state index in [-0.39, 0.29) is 0 Å². The summed E-state index contributed by atoms with van der Waals surface area (Å²) in [6.45, 7) is 0.551. The van der Waals surface area contributed by atoms with Crippen molar-refractivity contribution in [1.82, 2.24) is 15.0 Å². The van der Waals surface area contributed by atoms with Crippen LogP contribution in [0.5, 0.6) is 0 Å². The second-order valence-electron chi connectivity index (χ2n) is 2.73. The van der Waals surface area contributed by atoms with E-state index in [1.165, 1.54) is 0 Å². The number of nitrogens with two attached hydrogens (primary N) is 1. The molecule has 2 aromatic rings. The molecule has 0 aliphatic rings. The van der Waals surface area contributed by atoms with E-state index in [9.17, 15) is 0 Å². The zero-order valence-corrected chi connectivity index (χ0v) is 7.67. The summed E-state index contributed by atoms with van der Waals surface area (Å²) >= 11 is 5.82. The van der Waals surface area contributed by atoms with Crippen LogP contribution < -0.4 is 5.73 Å². The molecule has 0 aliphatic heterocycles. The largest absolute Gasteiger partial charge is 0.344 e. The van der Waals surface area contributed by atoms with E-state index in [4.69, 9.17) is 17.3 Å². The Hall–Kier alpha value is -1.13. The molecule has 0 saturated heterocycles. The van der Waals surface area contributed by atoms with Gasteiger partial charge in [0.25, 0.3) is 0 Å². The van der Waals surface area contributed by atoms with Gasteiger partial charge in [-0.3, -0.25) is 0 Å². The molecule has 3 N–H and O–H groups in total. The number of rotatable bonds is 2. The maximum absolute atomic E-state index is 5.82. The van der Waals surface area contributed by atoms with E-state index >= 15 is 0 Å². The van der Waals surface area contributed by atoms with Gasteiger partial charge in [0, 0.05) is 12.5 Å². The number of nitrogens with one attached hydrogen (secondary N) is 1. The highest BCUT2D eigenvalue weighted by molar-refractivity contribution is 6.30. The first-order valence-corrected chi connectivity index (χ1v) is 4.37. The highest BCUT2D eigenvalue weighted by Gasteiger charge is 2.05. The molecular formula is C8H9ClN4. The molecule has 0 atom stereocenters. The van der Waals surface area contributed by atoms with Crippen LogP contribution in [-0.2, 0) is 6.42 Å². The number of pyridine rings is 1. The van der Waals surface area contributed by atoms with E-state index in [1.807, 2.05) is 0 Å². The molecule has 68 valence electrons. The van der Waals surface area contributed by atoms with Crippen molar-refractivity contribution < 1.29 is 0 Å². The van der Waals surface area contributed by atoms with E-state index < -0.39 is 0 Å². The lowest BCUT2D eigenvalue weighted by molar-refractivity contribution is 0.932. The molecule has 2 rings (SSSR count). The molecule has 0 aromatic carbocycles. The van der Waals surface area contributed by atoms with Crippen molar-refractivity contribution in [3.05, 3.63) is 23.2 Å². The molecule has 0 aliphatic carbocycles. The number of imidazole rings is 1. The minimum absolute atomic E-state index is 0.472. The number of hydrogen-bond donors (Lipinski definition) is 2. The van der Waals surface area contributed by atoms with E-state index in [2.05, 4.69) is 15.0 Å². The van der Waals surface area contributed by atoms with Gasteiger partial charge in [-0.15, -0.1) is 0 Å². The first-order chi connectivity index (χ1) is 6.31. The molecule has 0 unspecified atom stereocenters. The van der Waals surface area contributed by atoms with Crippen LogP contribution >= 0.6 is 11.6 Å². The lowest BCUT2D eigenvalue weighted by atomic mass is 10.2. The summed E-state index contributed by atoms with van der Waals surface area (Å²) in [4.78, 5) is 11.3. The van der Waals surface area contributed by atoms with Crippen LogP contribution in [0.2, 0.25) is 5.15 Å². The molecule has 13 heavy (non-hydrogen) atoms. The molecule has 2 heterocycles. The number of H-pyrrole nitrogens is 1. The quantitative estimate of drug-likeness (QED) is 0.708. The molecule has 0 radical (unpaired) electrons. The van der Waals surface area contributed by atoms with Crippen molar-refractivity contribution in [2.45, 2.75) is 6.42 Å². The van der Waals surface area contributed by atoms with Crippen molar-refractivity contribution in [1.29, 1.82) is 0 Å². The summed E-state index contributed by atoms with van der Waals surface area (Å²) < 4.78 is 0. The fraction of sp³-hybridized carbons (Fsp3) is 0.250. The molecule has 0 bridgehead atoms. The molecule has 0 saturated carbocycles. The Kier molecular flexibility index (Phi) is 2.16. The summed E-state index contributed by atoms with van der Waals surface area (Å²) in [6, 6.07) is 1.75. The highest BCUT2D eigenvalue weighted by Crippen LogP contribution is 2.17. The van der Waals surface area contributed by atoms with E-state index in [0.717, 1.165) is 16.7 Å². The van der Waals surface area contributed by atoms with Gasteiger partial charge in [-0.25, -0.2) is 9.97 Å². The van der Waals surface area contributed by atoms with Gasteiger partial charge in [0.15, 0.2) is 0 Å². The van der Waals surface area contributed by atoms with E-state index in [1.54, 1.807) is 12.4 Å². The van der Waals surface area contributed by atoms with Crippen molar-refractivity contribution in [2.24, 2.45) is 5.73 Å². The average Bonchev–Trinajstić information content (AvgIpc) is 2.52. The monoisotopic (exact) mass is 196 g/mol. The van der Waals surface area contributed by atoms with Crippen molar-refractivity contribution in [3.63, 3.8) is 0 Å². The molecule has 0 spiro atoms. The standard InChI is InChI=1S/C8H9ClN4/c9-7-3-6-8(12-4-11-6)5(13-7)1-2-10/h3-4H,1-2,10H2,(H,11,12). The zero-order valence-electron chi connectivity index (χ0n) is 6.92. The molecule has 0 fully saturated rings. The normalized spacial score (nSPS) is 10.9. The summed E-state index contributed by atoms with van der Waals surface area (Å²) in [7, 11) is 0. The number of aromatic amines is 1. The minimum atomic E-state index is 0.472. The average molecular weight is 197 g/mol. The number of nitrogens with zero attached hydrogens (tertiary/aromatic N) is 2. The third-order valence-electron chi connectivity index (χ3n) is 1.83. The van der Waals surface area contributed by atoms with Gasteiger partial charge >= 0.3 is 0 Å². The van der Waals surface area contributed by atoms with Crippen molar-refractivity contribution >= 4 is 22.6 Å². The first-order valence-electron chi connectivity index (χ1n) is 4.00. The van der Waals surface area contributed by atoms with Crippen molar-refractivity contribution in [2.75, 3.05) is 6.54 Å². The SMILES string of the molecule is NCCc1nc(Cl)cc2[nH]cnc12. The minimum Gasteiger partial charge on any atom is -0.344 e. The third kappa shape index (κ3) is 1.50. The van der Waals surface area contributed by atoms with Crippen LogP contribution in [0.1, 0.15) is 5.69 Å². The Balaban J connectivity index is 2.63. The zero-order chi connectivity index (χ0) is 9.26. The maximum Gasteiger partial charge on any atom is 0.131 e. The Morgan fingerprint density at radius 3 is 3.15 bits per heavy atom. The summed E-state index contributed by atoms with van der Waals surface area (Å²) in [5.74, 6) is 0. The van der Waals surface area contributed by atoms with Crippen LogP contribution in [0.3, 0.4) is 0 Å². The Morgan fingerprint density at radius 2 is 2.38 bits per heavy atom. The second-order valence-corrected chi connectivity index (χ2v) is 3.12. The fourth-order valence-corrected chi connectivity index (χ4v) is 1.50.